The fourth-order valence-corrected chi connectivity index (χ4v) is 4.26. The highest BCUT2D eigenvalue weighted by Crippen LogP contribution is 2.28. The number of hydrogen-bond acceptors (Lipinski definition) is 3. The Bertz CT molecular complexity index is 660. The second-order valence-electron chi connectivity index (χ2n) is 8.54. The van der Waals surface area contributed by atoms with Gasteiger partial charge in [-0.2, -0.15) is 0 Å². The van der Waals surface area contributed by atoms with E-state index in [1.807, 2.05) is 32.0 Å². The molecule has 1 N–H and O–H groups in total. The quantitative estimate of drug-likeness (QED) is 0.803. The molecule has 0 aromatic heterocycles. The van der Waals surface area contributed by atoms with Crippen LogP contribution in [0.25, 0.3) is 0 Å². The average Bonchev–Trinajstić information content (AvgIpc) is 2.72. The van der Waals surface area contributed by atoms with Gasteiger partial charge in [0, 0.05) is 25.0 Å². The van der Waals surface area contributed by atoms with Crippen LogP contribution in [-0.2, 0) is 4.79 Å². The molecule has 2 amide bonds. The standard InChI is InChI=1S/C23H34N2O3/c1-17(2)24-22(26)20-10-6-7-11-21(20)28-16-18-12-14-25(15-13-18)23(27)19-8-4-3-5-9-19/h6-7,10-11,17-19H,3-5,8-9,12-16H2,1-2H3,(H,24,26). The van der Waals surface area contributed by atoms with Gasteiger partial charge in [-0.1, -0.05) is 31.4 Å². The number of amides is 2. The highest BCUT2D eigenvalue weighted by molar-refractivity contribution is 5.97. The van der Waals surface area contributed by atoms with Gasteiger partial charge >= 0.3 is 0 Å². The smallest absolute Gasteiger partial charge is 0.255 e. The van der Waals surface area contributed by atoms with Crippen molar-refractivity contribution in [2.24, 2.45) is 11.8 Å². The third-order valence-corrected chi connectivity index (χ3v) is 5.91. The molecule has 0 unspecified atom stereocenters. The van der Waals surface area contributed by atoms with E-state index in [9.17, 15) is 9.59 Å². The van der Waals surface area contributed by atoms with E-state index in [0.29, 0.717) is 29.7 Å². The van der Waals surface area contributed by atoms with Crippen LogP contribution in [0, 0.1) is 11.8 Å². The lowest BCUT2D eigenvalue weighted by molar-refractivity contribution is -0.138. The molecule has 154 valence electrons. The van der Waals surface area contributed by atoms with Gasteiger partial charge in [0.1, 0.15) is 5.75 Å². The summed E-state index contributed by atoms with van der Waals surface area (Å²) in [4.78, 5) is 27.1. The normalized spacial score (nSPS) is 18.9. The zero-order valence-corrected chi connectivity index (χ0v) is 17.3. The monoisotopic (exact) mass is 386 g/mol. The van der Waals surface area contributed by atoms with Gasteiger partial charge in [-0.25, -0.2) is 0 Å². The van der Waals surface area contributed by atoms with E-state index < -0.39 is 0 Å². The summed E-state index contributed by atoms with van der Waals surface area (Å²) < 4.78 is 6.03. The van der Waals surface area contributed by atoms with E-state index in [0.717, 1.165) is 38.8 Å². The summed E-state index contributed by atoms with van der Waals surface area (Å²) in [5.41, 5.74) is 0.584. The molecular formula is C23H34N2O3. The van der Waals surface area contributed by atoms with Crippen LogP contribution in [0.5, 0.6) is 5.75 Å². The molecular weight excluding hydrogens is 352 g/mol. The molecule has 1 saturated carbocycles. The van der Waals surface area contributed by atoms with E-state index in [4.69, 9.17) is 4.74 Å². The Kier molecular flexibility index (Phi) is 7.35. The zero-order chi connectivity index (χ0) is 19.9. The third-order valence-electron chi connectivity index (χ3n) is 5.91. The first-order valence-corrected chi connectivity index (χ1v) is 10.9. The van der Waals surface area contributed by atoms with Crippen molar-refractivity contribution in [3.63, 3.8) is 0 Å². The topological polar surface area (TPSA) is 58.6 Å². The summed E-state index contributed by atoms with van der Waals surface area (Å²) in [5.74, 6) is 1.60. The number of piperidine rings is 1. The maximum Gasteiger partial charge on any atom is 0.255 e. The number of carbonyl (C=O) groups excluding carboxylic acids is 2. The number of rotatable bonds is 6. The molecule has 5 nitrogen and oxygen atoms in total. The van der Waals surface area contributed by atoms with Crippen LogP contribution in [0.4, 0.5) is 0 Å². The first-order valence-electron chi connectivity index (χ1n) is 10.9. The summed E-state index contributed by atoms with van der Waals surface area (Å²) in [6.07, 6.45) is 7.75. The second kappa shape index (κ2) is 9.94. The van der Waals surface area contributed by atoms with Crippen molar-refractivity contribution in [2.45, 2.75) is 64.8 Å². The van der Waals surface area contributed by atoms with E-state index >= 15 is 0 Å². The van der Waals surface area contributed by atoms with Gasteiger partial charge in [-0.15, -0.1) is 0 Å². The Morgan fingerprint density at radius 2 is 1.75 bits per heavy atom. The summed E-state index contributed by atoms with van der Waals surface area (Å²) >= 11 is 0. The highest BCUT2D eigenvalue weighted by atomic mass is 16.5. The second-order valence-corrected chi connectivity index (χ2v) is 8.54. The molecule has 1 aliphatic heterocycles. The van der Waals surface area contributed by atoms with Crippen LogP contribution in [0.3, 0.4) is 0 Å². The molecule has 28 heavy (non-hydrogen) atoms. The Hall–Kier alpha value is -2.04. The van der Waals surface area contributed by atoms with Crippen molar-refractivity contribution in [3.8, 4) is 5.75 Å². The molecule has 0 radical (unpaired) electrons. The van der Waals surface area contributed by atoms with Crippen molar-refractivity contribution < 1.29 is 14.3 Å². The van der Waals surface area contributed by atoms with Gasteiger partial charge in [0.05, 0.1) is 12.2 Å². The Labute approximate surface area is 168 Å². The fraction of sp³-hybridized carbons (Fsp3) is 0.652. The lowest BCUT2D eigenvalue weighted by Crippen LogP contribution is -2.43. The molecule has 1 aliphatic carbocycles. The van der Waals surface area contributed by atoms with Gasteiger partial charge in [0.15, 0.2) is 0 Å². The van der Waals surface area contributed by atoms with Gasteiger partial charge in [0.2, 0.25) is 5.91 Å². The zero-order valence-electron chi connectivity index (χ0n) is 17.3. The molecule has 0 atom stereocenters. The minimum atomic E-state index is -0.0986. The average molecular weight is 387 g/mol. The fourth-order valence-electron chi connectivity index (χ4n) is 4.26. The van der Waals surface area contributed by atoms with E-state index in [1.165, 1.54) is 19.3 Å². The Morgan fingerprint density at radius 1 is 1.07 bits per heavy atom. The largest absolute Gasteiger partial charge is 0.492 e. The van der Waals surface area contributed by atoms with Crippen LogP contribution in [0.1, 0.15) is 69.2 Å². The maximum absolute atomic E-state index is 12.7. The SMILES string of the molecule is CC(C)NC(=O)c1ccccc1OCC1CCN(C(=O)C2CCCCC2)CC1. The molecule has 5 heteroatoms. The summed E-state index contributed by atoms with van der Waals surface area (Å²) in [6, 6.07) is 7.51. The van der Waals surface area contributed by atoms with Crippen molar-refractivity contribution in [3.05, 3.63) is 29.8 Å². The van der Waals surface area contributed by atoms with Crippen LogP contribution in [0.2, 0.25) is 0 Å². The number of carbonyl (C=O) groups is 2. The van der Waals surface area contributed by atoms with E-state index in [1.54, 1.807) is 6.07 Å². The number of ether oxygens (including phenoxy) is 1. The first kappa shape index (κ1) is 20.7. The number of nitrogens with zero attached hydrogens (tertiary/aromatic N) is 1. The molecule has 3 rings (SSSR count). The van der Waals surface area contributed by atoms with Gasteiger partial charge < -0.3 is 15.0 Å². The minimum Gasteiger partial charge on any atom is -0.492 e. The number of nitrogens with one attached hydrogen (secondary N) is 1. The molecule has 0 spiro atoms. The van der Waals surface area contributed by atoms with Crippen LogP contribution < -0.4 is 10.1 Å². The maximum atomic E-state index is 12.7. The van der Waals surface area contributed by atoms with Gasteiger partial charge in [-0.3, -0.25) is 9.59 Å². The molecule has 1 heterocycles. The van der Waals surface area contributed by atoms with Crippen molar-refractivity contribution in [2.75, 3.05) is 19.7 Å². The molecule has 2 fully saturated rings. The summed E-state index contributed by atoms with van der Waals surface area (Å²) in [7, 11) is 0. The number of likely N-dealkylation sites (tertiary alicyclic amines) is 1. The summed E-state index contributed by atoms with van der Waals surface area (Å²) in [6.45, 7) is 6.16. The Morgan fingerprint density at radius 3 is 2.43 bits per heavy atom. The van der Waals surface area contributed by atoms with Crippen LogP contribution in [0.15, 0.2) is 24.3 Å². The predicted octanol–water partition coefficient (Wildman–Crippen LogP) is 4.02. The molecule has 1 aromatic carbocycles. The van der Waals surface area contributed by atoms with Gasteiger partial charge in [-0.05, 0) is 57.6 Å². The van der Waals surface area contributed by atoms with Gasteiger partial charge in [0.25, 0.3) is 5.91 Å². The van der Waals surface area contributed by atoms with Crippen LogP contribution in [-0.4, -0.2) is 42.5 Å². The van der Waals surface area contributed by atoms with Crippen molar-refractivity contribution in [1.82, 2.24) is 10.2 Å². The van der Waals surface area contributed by atoms with E-state index in [-0.39, 0.29) is 17.9 Å². The minimum absolute atomic E-state index is 0.0894. The first-order chi connectivity index (χ1) is 13.5. The lowest BCUT2D eigenvalue weighted by atomic mass is 9.87. The third kappa shape index (κ3) is 5.49. The summed E-state index contributed by atoms with van der Waals surface area (Å²) in [5, 5.41) is 2.92. The number of benzene rings is 1. The molecule has 2 aliphatic rings. The Balaban J connectivity index is 1.48. The van der Waals surface area contributed by atoms with Crippen molar-refractivity contribution in [1.29, 1.82) is 0 Å². The molecule has 1 aromatic rings. The van der Waals surface area contributed by atoms with E-state index in [2.05, 4.69) is 10.2 Å². The van der Waals surface area contributed by atoms with Crippen LogP contribution >= 0.6 is 0 Å². The highest BCUT2D eigenvalue weighted by Gasteiger charge is 2.29. The lowest BCUT2D eigenvalue weighted by Gasteiger charge is -2.35. The number of para-hydroxylation sites is 1. The predicted molar refractivity (Wildman–Crippen MR) is 110 cm³/mol. The van der Waals surface area contributed by atoms with Crippen molar-refractivity contribution >= 4 is 11.8 Å². The molecule has 1 saturated heterocycles. The molecule has 0 bridgehead atoms. The number of hydrogen-bond donors (Lipinski definition) is 1.